The van der Waals surface area contributed by atoms with Crippen molar-refractivity contribution in [2.75, 3.05) is 13.7 Å². The van der Waals surface area contributed by atoms with Crippen LogP contribution in [0.2, 0.25) is 0 Å². The van der Waals surface area contributed by atoms with Gasteiger partial charge in [-0.1, -0.05) is 30.3 Å². The summed E-state index contributed by atoms with van der Waals surface area (Å²) in [7, 11) is 1.33. The second kappa shape index (κ2) is 9.71. The third-order valence-corrected chi connectivity index (χ3v) is 5.67. The van der Waals surface area contributed by atoms with Crippen LogP contribution < -0.4 is 21.1 Å². The van der Waals surface area contributed by atoms with Gasteiger partial charge in [0.05, 0.1) is 19.6 Å². The zero-order valence-corrected chi connectivity index (χ0v) is 19.0. The summed E-state index contributed by atoms with van der Waals surface area (Å²) in [6.45, 7) is 0.848. The van der Waals surface area contributed by atoms with Crippen molar-refractivity contribution in [3.63, 3.8) is 0 Å². The van der Waals surface area contributed by atoms with Crippen LogP contribution in [0.3, 0.4) is 0 Å². The van der Waals surface area contributed by atoms with E-state index in [9.17, 15) is 29.4 Å². The quantitative estimate of drug-likeness (QED) is 0.171. The number of amides is 4. The molecule has 1 aliphatic rings. The number of aliphatic carboxylic acids is 1. The van der Waals surface area contributed by atoms with Crippen molar-refractivity contribution in [1.82, 2.24) is 15.5 Å². The molecule has 184 valence electrons. The number of phenols is 1. The minimum absolute atomic E-state index is 0.0906. The van der Waals surface area contributed by atoms with Crippen molar-refractivity contribution in [2.45, 2.75) is 24.9 Å². The Morgan fingerprint density at radius 1 is 1.23 bits per heavy atom. The Labute approximate surface area is 200 Å². The first-order valence-corrected chi connectivity index (χ1v) is 10.4. The Hall–Kier alpha value is -4.61. The lowest BCUT2D eigenvalue weighted by Gasteiger charge is -2.23. The van der Waals surface area contributed by atoms with E-state index in [1.54, 1.807) is 24.3 Å². The average molecular weight is 483 g/mol. The number of nitrogens with zero attached hydrogens (tertiary/aromatic N) is 1. The summed E-state index contributed by atoms with van der Waals surface area (Å²) in [5.74, 6) is -2.85. The number of carboxylic acids is 1. The van der Waals surface area contributed by atoms with E-state index < -0.39 is 48.4 Å². The minimum Gasteiger partial charge on any atom is -0.504 e. The molecule has 2 unspecified atom stereocenters. The Morgan fingerprint density at radius 3 is 2.46 bits per heavy atom. The predicted molar refractivity (Wildman–Crippen MR) is 123 cm³/mol. The molecule has 2 aromatic carbocycles. The van der Waals surface area contributed by atoms with Gasteiger partial charge in [-0.25, -0.2) is 4.79 Å². The van der Waals surface area contributed by atoms with Gasteiger partial charge in [0.15, 0.2) is 11.5 Å². The maximum atomic E-state index is 13.1. The molecule has 1 saturated heterocycles. The molecule has 3 rings (SSSR count). The number of nitrogens with two attached hydrogens (primary N) is 1. The fraction of sp³-hybridized carbons (Fsp3) is 0.261. The average Bonchev–Trinajstić information content (AvgIpc) is 3.02. The monoisotopic (exact) mass is 483 g/mol. The van der Waals surface area contributed by atoms with Crippen LogP contribution in [0.25, 0.3) is 0 Å². The number of imide groups is 1. The van der Waals surface area contributed by atoms with E-state index in [4.69, 9.17) is 15.9 Å². The number of nitrogen functional groups attached to an aromatic ring is 1. The molecular weight excluding hydrogens is 458 g/mol. The normalized spacial score (nSPS) is 18.1. The van der Waals surface area contributed by atoms with E-state index in [0.717, 1.165) is 4.90 Å². The molecule has 35 heavy (non-hydrogen) atoms. The summed E-state index contributed by atoms with van der Waals surface area (Å²) in [5.41, 5.74) is 5.23. The van der Waals surface area contributed by atoms with Crippen LogP contribution in [0, 0.1) is 5.41 Å². The Bertz CT molecular complexity index is 1200. The number of carbonyl (C=O) groups is 4. The third kappa shape index (κ3) is 5.16. The summed E-state index contributed by atoms with van der Waals surface area (Å²) in [6.07, 6.45) is -0.486. The topological polar surface area (TPSA) is 195 Å². The van der Waals surface area contributed by atoms with E-state index in [0.29, 0.717) is 16.7 Å². The number of phenolic OH excluding ortho intramolecular Hbond substituents is 1. The van der Waals surface area contributed by atoms with Gasteiger partial charge in [-0.2, -0.15) is 0 Å². The summed E-state index contributed by atoms with van der Waals surface area (Å²) in [6, 6.07) is 8.51. The van der Waals surface area contributed by atoms with Crippen LogP contribution in [0.5, 0.6) is 11.5 Å². The number of benzene rings is 2. The van der Waals surface area contributed by atoms with Crippen LogP contribution in [0.1, 0.15) is 36.1 Å². The van der Waals surface area contributed by atoms with Gasteiger partial charge in [-0.15, -0.1) is 0 Å². The summed E-state index contributed by atoms with van der Waals surface area (Å²) in [4.78, 5) is 50.5. The standard InChI is InChI=1S/C23H25N5O7/c1-23(14-6-3-12(4-7-14)20(24)25)21(33)28(22(34)27-23)11-18(30)26-15(10-19(31)32)13-5-8-16(29)17(9-13)35-2/h3-9,15,29H,10-11H2,1-2H3,(H3,24,25)(H,26,30)(H,27,34)(H,31,32). The van der Waals surface area contributed by atoms with E-state index in [1.165, 1.54) is 32.2 Å². The molecule has 1 aliphatic heterocycles. The Balaban J connectivity index is 1.77. The summed E-state index contributed by atoms with van der Waals surface area (Å²) < 4.78 is 5.03. The van der Waals surface area contributed by atoms with E-state index in [1.807, 2.05) is 0 Å². The van der Waals surface area contributed by atoms with Gasteiger partial charge in [0, 0.05) is 5.56 Å². The Morgan fingerprint density at radius 2 is 1.89 bits per heavy atom. The fourth-order valence-electron chi connectivity index (χ4n) is 3.74. The van der Waals surface area contributed by atoms with Crippen LogP contribution >= 0.6 is 0 Å². The van der Waals surface area contributed by atoms with E-state index in [-0.39, 0.29) is 17.3 Å². The molecule has 0 radical (unpaired) electrons. The number of carbonyl (C=O) groups excluding carboxylic acids is 3. The van der Waals surface area contributed by atoms with Crippen LogP contribution in [0.4, 0.5) is 4.79 Å². The third-order valence-electron chi connectivity index (χ3n) is 5.67. The molecule has 1 fully saturated rings. The fourth-order valence-corrected chi connectivity index (χ4v) is 3.74. The molecule has 0 bridgehead atoms. The molecule has 4 amide bonds. The number of carboxylic acid groups (broad SMARTS) is 1. The van der Waals surface area contributed by atoms with Gasteiger partial charge >= 0.3 is 12.0 Å². The van der Waals surface area contributed by atoms with Crippen molar-refractivity contribution < 1.29 is 34.1 Å². The number of hydrogen-bond acceptors (Lipinski definition) is 7. The number of rotatable bonds is 9. The maximum absolute atomic E-state index is 13.1. The van der Waals surface area contributed by atoms with Gasteiger partial charge in [0.25, 0.3) is 5.91 Å². The van der Waals surface area contributed by atoms with Crippen molar-refractivity contribution in [1.29, 1.82) is 5.41 Å². The molecule has 1 heterocycles. The molecule has 12 nitrogen and oxygen atoms in total. The minimum atomic E-state index is -1.45. The van der Waals surface area contributed by atoms with Crippen LogP contribution in [-0.4, -0.2) is 58.4 Å². The maximum Gasteiger partial charge on any atom is 0.325 e. The number of methoxy groups -OCH3 is 1. The zero-order chi connectivity index (χ0) is 25.9. The molecule has 0 saturated carbocycles. The van der Waals surface area contributed by atoms with Crippen molar-refractivity contribution in [3.8, 4) is 11.5 Å². The molecule has 0 aliphatic carbocycles. The molecular formula is C23H25N5O7. The first-order chi connectivity index (χ1) is 16.5. The van der Waals surface area contributed by atoms with Gasteiger partial charge in [0.2, 0.25) is 5.91 Å². The molecule has 2 aromatic rings. The second-order valence-corrected chi connectivity index (χ2v) is 8.09. The predicted octanol–water partition coefficient (Wildman–Crippen LogP) is 0.784. The lowest BCUT2D eigenvalue weighted by Crippen LogP contribution is -2.44. The highest BCUT2D eigenvalue weighted by atomic mass is 16.5. The largest absolute Gasteiger partial charge is 0.504 e. The molecule has 0 spiro atoms. The molecule has 2 atom stereocenters. The van der Waals surface area contributed by atoms with Gasteiger partial charge in [-0.3, -0.25) is 24.7 Å². The van der Waals surface area contributed by atoms with Gasteiger partial charge < -0.3 is 31.3 Å². The van der Waals surface area contributed by atoms with Crippen LogP contribution in [-0.2, 0) is 19.9 Å². The SMILES string of the molecule is COc1cc(C(CC(=O)O)NC(=O)CN2C(=O)NC(C)(c3ccc(C(=N)N)cc3)C2=O)ccc1O. The molecule has 0 aromatic heterocycles. The van der Waals surface area contributed by atoms with E-state index >= 15 is 0 Å². The lowest BCUT2D eigenvalue weighted by molar-refractivity contribution is -0.138. The molecule has 12 heteroatoms. The summed E-state index contributed by atoms with van der Waals surface area (Å²) in [5, 5.41) is 31.6. The highest BCUT2D eigenvalue weighted by Crippen LogP contribution is 2.31. The summed E-state index contributed by atoms with van der Waals surface area (Å²) >= 11 is 0. The Kier molecular flexibility index (Phi) is 6.94. The number of urea groups is 1. The number of hydrogen-bond donors (Lipinski definition) is 6. The van der Waals surface area contributed by atoms with Gasteiger partial charge in [-0.05, 0) is 30.2 Å². The van der Waals surface area contributed by atoms with Crippen molar-refractivity contribution in [3.05, 3.63) is 59.2 Å². The highest BCUT2D eigenvalue weighted by molar-refractivity contribution is 6.09. The number of ether oxygens (including phenoxy) is 1. The zero-order valence-electron chi connectivity index (χ0n) is 19.0. The first-order valence-electron chi connectivity index (χ1n) is 10.4. The first kappa shape index (κ1) is 25.0. The van der Waals surface area contributed by atoms with Crippen molar-refractivity contribution in [2.24, 2.45) is 5.73 Å². The number of aromatic hydroxyl groups is 1. The highest BCUT2D eigenvalue weighted by Gasteiger charge is 2.49. The number of nitrogens with one attached hydrogen (secondary N) is 3. The lowest BCUT2D eigenvalue weighted by atomic mass is 9.91. The van der Waals surface area contributed by atoms with Crippen LogP contribution in [0.15, 0.2) is 42.5 Å². The van der Waals surface area contributed by atoms with Gasteiger partial charge in [0.1, 0.15) is 17.9 Å². The number of amidine groups is 1. The smallest absolute Gasteiger partial charge is 0.325 e. The van der Waals surface area contributed by atoms with Crippen molar-refractivity contribution >= 4 is 29.7 Å². The second-order valence-electron chi connectivity index (χ2n) is 8.09. The molecule has 7 N–H and O–H groups in total. The van der Waals surface area contributed by atoms with E-state index in [2.05, 4.69) is 10.6 Å².